The van der Waals surface area contributed by atoms with Crippen LogP contribution in [0.4, 0.5) is 10.5 Å². The first-order valence-corrected chi connectivity index (χ1v) is 7.62. The minimum atomic E-state index is -0.897. The zero-order valence-electron chi connectivity index (χ0n) is 10.6. The molecule has 0 aliphatic heterocycles. The van der Waals surface area contributed by atoms with Gasteiger partial charge in [-0.3, -0.25) is 4.79 Å². The van der Waals surface area contributed by atoms with Gasteiger partial charge in [0, 0.05) is 8.59 Å². The van der Waals surface area contributed by atoms with Crippen molar-refractivity contribution >= 4 is 51.9 Å². The van der Waals surface area contributed by atoms with Crippen LogP contribution in [0.1, 0.15) is 25.7 Å². The van der Waals surface area contributed by atoms with E-state index in [-0.39, 0.29) is 12.5 Å². The smallest absolute Gasteiger partial charge is 0.319 e. The molecule has 2 rings (SSSR count). The van der Waals surface area contributed by atoms with Crippen LogP contribution in [0.3, 0.4) is 0 Å². The SMILES string of the molecule is O=C(O)CC1(NC(=O)Nc2ccc(Cl)cc2I)CCC1. The predicted octanol–water partition coefficient (Wildman–Crippen LogP) is 3.46. The number of urea groups is 1. The van der Waals surface area contributed by atoms with Crippen LogP contribution in [0.2, 0.25) is 5.02 Å². The number of amides is 2. The predicted molar refractivity (Wildman–Crippen MR) is 85.2 cm³/mol. The van der Waals surface area contributed by atoms with Crippen molar-refractivity contribution in [3.63, 3.8) is 0 Å². The second-order valence-electron chi connectivity index (χ2n) is 4.91. The average molecular weight is 409 g/mol. The van der Waals surface area contributed by atoms with Crippen molar-refractivity contribution in [2.45, 2.75) is 31.2 Å². The highest BCUT2D eigenvalue weighted by atomic mass is 127. The van der Waals surface area contributed by atoms with Gasteiger partial charge in [-0.25, -0.2) is 4.79 Å². The number of benzene rings is 1. The number of carboxylic acids is 1. The quantitative estimate of drug-likeness (QED) is 0.668. The van der Waals surface area contributed by atoms with E-state index in [1.807, 2.05) is 0 Å². The van der Waals surface area contributed by atoms with Crippen LogP contribution >= 0.6 is 34.2 Å². The highest BCUT2D eigenvalue weighted by Gasteiger charge is 2.40. The van der Waals surface area contributed by atoms with Crippen LogP contribution in [0.15, 0.2) is 18.2 Å². The summed E-state index contributed by atoms with van der Waals surface area (Å²) in [7, 11) is 0. The summed E-state index contributed by atoms with van der Waals surface area (Å²) >= 11 is 7.93. The van der Waals surface area contributed by atoms with Gasteiger partial charge in [0.05, 0.1) is 17.6 Å². The fourth-order valence-corrected chi connectivity index (χ4v) is 3.23. The molecular formula is C13H14ClIN2O3. The van der Waals surface area contributed by atoms with E-state index in [1.54, 1.807) is 18.2 Å². The first kappa shape index (κ1) is 15.4. The third kappa shape index (κ3) is 3.76. The minimum absolute atomic E-state index is 0.0435. The fourth-order valence-electron chi connectivity index (χ4n) is 2.22. The molecule has 1 aliphatic rings. The summed E-state index contributed by atoms with van der Waals surface area (Å²) in [5.74, 6) is -0.897. The number of hydrogen-bond donors (Lipinski definition) is 3. The van der Waals surface area contributed by atoms with Crippen molar-refractivity contribution < 1.29 is 14.7 Å². The molecule has 0 saturated heterocycles. The maximum atomic E-state index is 12.0. The highest BCUT2D eigenvalue weighted by Crippen LogP contribution is 2.35. The summed E-state index contributed by atoms with van der Waals surface area (Å²) in [5.41, 5.74) is 0.0469. The third-order valence-corrected chi connectivity index (χ3v) is 4.49. The number of carbonyl (C=O) groups is 2. The van der Waals surface area contributed by atoms with E-state index in [4.69, 9.17) is 16.7 Å². The molecule has 0 heterocycles. The second kappa shape index (κ2) is 6.17. The Labute approximate surface area is 135 Å². The van der Waals surface area contributed by atoms with Crippen molar-refractivity contribution in [3.8, 4) is 0 Å². The molecule has 0 atom stereocenters. The van der Waals surface area contributed by atoms with Gasteiger partial charge in [0.25, 0.3) is 0 Å². The van der Waals surface area contributed by atoms with Crippen molar-refractivity contribution in [2.24, 2.45) is 0 Å². The first-order chi connectivity index (χ1) is 9.40. The summed E-state index contributed by atoms with van der Waals surface area (Å²) in [6.07, 6.45) is 2.29. The van der Waals surface area contributed by atoms with Gasteiger partial charge < -0.3 is 15.7 Å². The summed E-state index contributed by atoms with van der Waals surface area (Å²) in [6.45, 7) is 0. The Morgan fingerprint density at radius 2 is 2.10 bits per heavy atom. The lowest BCUT2D eigenvalue weighted by Gasteiger charge is -2.41. The minimum Gasteiger partial charge on any atom is -0.481 e. The van der Waals surface area contributed by atoms with Gasteiger partial charge in [0.15, 0.2) is 0 Å². The number of anilines is 1. The lowest BCUT2D eigenvalue weighted by molar-refractivity contribution is -0.139. The molecule has 1 aromatic rings. The molecule has 7 heteroatoms. The molecular weight excluding hydrogens is 395 g/mol. The standard InChI is InChI=1S/C13H14ClIN2O3/c14-8-2-3-10(9(15)6-8)16-12(20)17-13(4-1-5-13)7-11(18)19/h2-3,6H,1,4-5,7H2,(H,18,19)(H2,16,17,20). The average Bonchev–Trinajstić information content (AvgIpc) is 2.29. The van der Waals surface area contributed by atoms with Crippen molar-refractivity contribution in [3.05, 3.63) is 26.8 Å². The van der Waals surface area contributed by atoms with Gasteiger partial charge in [-0.05, 0) is 60.1 Å². The third-order valence-electron chi connectivity index (χ3n) is 3.36. The van der Waals surface area contributed by atoms with E-state index in [2.05, 4.69) is 33.2 Å². The number of carboxylic acid groups (broad SMARTS) is 1. The van der Waals surface area contributed by atoms with Gasteiger partial charge in [-0.15, -0.1) is 0 Å². The normalized spacial score (nSPS) is 16.1. The Balaban J connectivity index is 1.99. The topological polar surface area (TPSA) is 78.4 Å². The van der Waals surface area contributed by atoms with E-state index in [9.17, 15) is 9.59 Å². The Morgan fingerprint density at radius 3 is 2.60 bits per heavy atom. The molecule has 1 fully saturated rings. The van der Waals surface area contributed by atoms with E-state index in [1.165, 1.54) is 0 Å². The lowest BCUT2D eigenvalue weighted by atomic mass is 9.74. The van der Waals surface area contributed by atoms with Crippen LogP contribution in [-0.2, 0) is 4.79 Å². The van der Waals surface area contributed by atoms with Crippen molar-refractivity contribution in [1.29, 1.82) is 0 Å². The highest BCUT2D eigenvalue weighted by molar-refractivity contribution is 14.1. The molecule has 0 spiro atoms. The van der Waals surface area contributed by atoms with E-state index in [0.29, 0.717) is 23.6 Å². The number of halogens is 2. The second-order valence-corrected chi connectivity index (χ2v) is 6.51. The molecule has 20 heavy (non-hydrogen) atoms. The molecule has 0 bridgehead atoms. The van der Waals surface area contributed by atoms with Gasteiger partial charge >= 0.3 is 12.0 Å². The molecule has 0 aromatic heterocycles. The Morgan fingerprint density at radius 1 is 1.40 bits per heavy atom. The van der Waals surface area contributed by atoms with Gasteiger partial charge in [0.2, 0.25) is 0 Å². The van der Waals surface area contributed by atoms with Crippen molar-refractivity contribution in [2.75, 3.05) is 5.32 Å². The molecule has 108 valence electrons. The monoisotopic (exact) mass is 408 g/mol. The number of aliphatic carboxylic acids is 1. The molecule has 5 nitrogen and oxygen atoms in total. The fraction of sp³-hybridized carbons (Fsp3) is 0.385. The van der Waals surface area contributed by atoms with Crippen LogP contribution in [0.25, 0.3) is 0 Å². The number of carbonyl (C=O) groups excluding carboxylic acids is 1. The van der Waals surface area contributed by atoms with Gasteiger partial charge in [0.1, 0.15) is 0 Å². The zero-order valence-corrected chi connectivity index (χ0v) is 13.5. The molecule has 2 amide bonds. The molecule has 1 aromatic carbocycles. The van der Waals surface area contributed by atoms with E-state index < -0.39 is 11.5 Å². The van der Waals surface area contributed by atoms with Crippen LogP contribution < -0.4 is 10.6 Å². The van der Waals surface area contributed by atoms with Gasteiger partial charge in [-0.2, -0.15) is 0 Å². The Bertz CT molecular complexity index is 546. The Hall–Kier alpha value is -1.02. The molecule has 0 radical (unpaired) electrons. The van der Waals surface area contributed by atoms with Crippen molar-refractivity contribution in [1.82, 2.24) is 5.32 Å². The number of nitrogens with one attached hydrogen (secondary N) is 2. The number of rotatable bonds is 4. The molecule has 1 saturated carbocycles. The zero-order chi connectivity index (χ0) is 14.8. The molecule has 3 N–H and O–H groups in total. The van der Waals surface area contributed by atoms with Crippen LogP contribution in [0, 0.1) is 3.57 Å². The van der Waals surface area contributed by atoms with E-state index >= 15 is 0 Å². The van der Waals surface area contributed by atoms with Crippen LogP contribution in [-0.4, -0.2) is 22.6 Å². The molecule has 0 unspecified atom stereocenters. The molecule has 1 aliphatic carbocycles. The summed E-state index contributed by atoms with van der Waals surface area (Å²) in [5, 5.41) is 15.0. The summed E-state index contributed by atoms with van der Waals surface area (Å²) in [4.78, 5) is 22.8. The van der Waals surface area contributed by atoms with E-state index in [0.717, 1.165) is 9.99 Å². The van der Waals surface area contributed by atoms with Gasteiger partial charge in [-0.1, -0.05) is 11.6 Å². The summed E-state index contributed by atoms with van der Waals surface area (Å²) < 4.78 is 0.825. The largest absolute Gasteiger partial charge is 0.481 e. The lowest BCUT2D eigenvalue weighted by Crippen LogP contribution is -2.55. The van der Waals surface area contributed by atoms with Crippen LogP contribution in [0.5, 0.6) is 0 Å². The number of hydrogen-bond acceptors (Lipinski definition) is 2. The Kier molecular flexibility index (Phi) is 4.74. The summed E-state index contributed by atoms with van der Waals surface area (Å²) in [6, 6.07) is 4.77. The first-order valence-electron chi connectivity index (χ1n) is 6.16. The maximum Gasteiger partial charge on any atom is 0.319 e. The maximum absolute atomic E-state index is 12.0.